The lowest BCUT2D eigenvalue weighted by atomic mass is 9.83. The van der Waals surface area contributed by atoms with E-state index in [-0.39, 0.29) is 5.91 Å². The quantitative estimate of drug-likeness (QED) is 0.876. The Balaban J connectivity index is 2.18. The Hall–Kier alpha value is -2.49. The normalized spacial score (nSPS) is 11.0. The fourth-order valence-corrected chi connectivity index (χ4v) is 2.37. The largest absolute Gasteiger partial charge is 0.496 e. The van der Waals surface area contributed by atoms with Crippen LogP contribution in [0.25, 0.3) is 0 Å². The van der Waals surface area contributed by atoms with Crippen LogP contribution in [0.3, 0.4) is 0 Å². The number of carbonyl (C=O) groups is 1. The van der Waals surface area contributed by atoms with E-state index in [9.17, 15) is 4.79 Å². The molecule has 4 heteroatoms. The number of benzene rings is 2. The maximum atomic E-state index is 12.7. The molecule has 0 saturated heterocycles. The summed E-state index contributed by atoms with van der Waals surface area (Å²) in [5.74, 6) is 1.40. The number of methoxy groups -OCH3 is 1. The monoisotopic (exact) mass is 313 g/mol. The van der Waals surface area contributed by atoms with Gasteiger partial charge in [-0.05, 0) is 51.1 Å². The van der Waals surface area contributed by atoms with Gasteiger partial charge in [0.05, 0.1) is 19.1 Å². The summed E-state index contributed by atoms with van der Waals surface area (Å²) < 4.78 is 10.8. The van der Waals surface area contributed by atoms with Gasteiger partial charge in [-0.2, -0.15) is 0 Å². The van der Waals surface area contributed by atoms with Gasteiger partial charge in [0.15, 0.2) is 0 Å². The second kappa shape index (κ2) is 7.18. The van der Waals surface area contributed by atoms with Crippen molar-refractivity contribution >= 4 is 11.6 Å². The molecule has 1 N–H and O–H groups in total. The first-order valence-electron chi connectivity index (χ1n) is 7.67. The van der Waals surface area contributed by atoms with Gasteiger partial charge < -0.3 is 14.8 Å². The van der Waals surface area contributed by atoms with Gasteiger partial charge in [-0.25, -0.2) is 0 Å². The van der Waals surface area contributed by atoms with Crippen LogP contribution in [0.5, 0.6) is 11.5 Å². The van der Waals surface area contributed by atoms with Crippen molar-refractivity contribution in [1.82, 2.24) is 0 Å². The summed E-state index contributed by atoms with van der Waals surface area (Å²) >= 11 is 0. The minimum absolute atomic E-state index is 0.0915. The van der Waals surface area contributed by atoms with E-state index < -0.39 is 5.41 Å². The molecule has 0 bridgehead atoms. The van der Waals surface area contributed by atoms with E-state index in [0.717, 1.165) is 17.0 Å². The highest BCUT2D eigenvalue weighted by molar-refractivity contribution is 5.99. The SMILES string of the molecule is CCOc1ccc(NC(=O)C(C)(C)c2ccccc2OC)cc1. The van der Waals surface area contributed by atoms with Gasteiger partial charge in [-0.3, -0.25) is 4.79 Å². The van der Waals surface area contributed by atoms with Gasteiger partial charge in [0.1, 0.15) is 11.5 Å². The Bertz CT molecular complexity index is 663. The van der Waals surface area contributed by atoms with Crippen LogP contribution in [0.2, 0.25) is 0 Å². The lowest BCUT2D eigenvalue weighted by Crippen LogP contribution is -2.35. The van der Waals surface area contributed by atoms with Crippen molar-refractivity contribution < 1.29 is 14.3 Å². The number of amides is 1. The van der Waals surface area contributed by atoms with Crippen LogP contribution in [-0.4, -0.2) is 19.6 Å². The van der Waals surface area contributed by atoms with Crippen molar-refractivity contribution in [3.63, 3.8) is 0 Å². The number of hydrogen-bond acceptors (Lipinski definition) is 3. The number of hydrogen-bond donors (Lipinski definition) is 1. The van der Waals surface area contributed by atoms with Gasteiger partial charge in [0.2, 0.25) is 5.91 Å². The molecule has 0 unspecified atom stereocenters. The minimum Gasteiger partial charge on any atom is -0.496 e. The third-order valence-electron chi connectivity index (χ3n) is 3.77. The highest BCUT2D eigenvalue weighted by atomic mass is 16.5. The summed E-state index contributed by atoms with van der Waals surface area (Å²) in [6.45, 7) is 6.32. The van der Waals surface area contributed by atoms with Gasteiger partial charge in [-0.1, -0.05) is 18.2 Å². The molecule has 0 aliphatic carbocycles. The van der Waals surface area contributed by atoms with Crippen LogP contribution < -0.4 is 14.8 Å². The van der Waals surface area contributed by atoms with E-state index in [1.807, 2.05) is 69.3 Å². The Kier molecular flexibility index (Phi) is 5.27. The van der Waals surface area contributed by atoms with E-state index in [2.05, 4.69) is 5.32 Å². The molecular formula is C19H23NO3. The molecule has 0 aliphatic heterocycles. The van der Waals surface area contributed by atoms with Crippen LogP contribution in [0.1, 0.15) is 26.3 Å². The zero-order chi connectivity index (χ0) is 16.9. The summed E-state index contributed by atoms with van der Waals surface area (Å²) in [5, 5.41) is 2.95. The molecular weight excluding hydrogens is 290 g/mol. The number of ether oxygens (including phenoxy) is 2. The number of nitrogens with one attached hydrogen (secondary N) is 1. The van der Waals surface area contributed by atoms with Crippen LogP contribution in [0.4, 0.5) is 5.69 Å². The molecule has 2 aromatic carbocycles. The standard InChI is InChI=1S/C19H23NO3/c1-5-23-15-12-10-14(11-13-15)20-18(21)19(2,3)16-8-6-7-9-17(16)22-4/h6-13H,5H2,1-4H3,(H,20,21). The van der Waals surface area contributed by atoms with E-state index >= 15 is 0 Å². The molecule has 0 saturated carbocycles. The first kappa shape index (κ1) is 16.9. The van der Waals surface area contributed by atoms with Crippen LogP contribution in [-0.2, 0) is 10.2 Å². The first-order valence-corrected chi connectivity index (χ1v) is 7.67. The van der Waals surface area contributed by atoms with Crippen LogP contribution in [0.15, 0.2) is 48.5 Å². The van der Waals surface area contributed by atoms with Crippen molar-refractivity contribution in [1.29, 1.82) is 0 Å². The maximum Gasteiger partial charge on any atom is 0.234 e. The first-order chi connectivity index (χ1) is 11.0. The summed E-state index contributed by atoms with van der Waals surface area (Å²) in [7, 11) is 1.61. The average Bonchev–Trinajstić information content (AvgIpc) is 2.56. The number of anilines is 1. The second-order valence-corrected chi connectivity index (χ2v) is 5.74. The molecule has 0 heterocycles. The molecule has 2 aromatic rings. The summed E-state index contributed by atoms with van der Waals surface area (Å²) in [6.07, 6.45) is 0. The third-order valence-corrected chi connectivity index (χ3v) is 3.77. The number of para-hydroxylation sites is 1. The maximum absolute atomic E-state index is 12.7. The zero-order valence-electron chi connectivity index (χ0n) is 14.1. The van der Waals surface area contributed by atoms with Crippen molar-refractivity contribution in [3.8, 4) is 11.5 Å². The number of carbonyl (C=O) groups excluding carboxylic acids is 1. The van der Waals surface area contributed by atoms with E-state index in [1.165, 1.54) is 0 Å². The Morgan fingerprint density at radius 3 is 2.35 bits per heavy atom. The van der Waals surface area contributed by atoms with Crippen molar-refractivity contribution in [2.24, 2.45) is 0 Å². The predicted octanol–water partition coefficient (Wildman–Crippen LogP) is 4.01. The molecule has 0 fully saturated rings. The van der Waals surface area contributed by atoms with Crippen molar-refractivity contribution in [3.05, 3.63) is 54.1 Å². The lowest BCUT2D eigenvalue weighted by Gasteiger charge is -2.26. The topological polar surface area (TPSA) is 47.6 Å². The highest BCUT2D eigenvalue weighted by Crippen LogP contribution is 2.32. The van der Waals surface area contributed by atoms with Crippen LogP contribution >= 0.6 is 0 Å². The molecule has 0 spiro atoms. The zero-order valence-corrected chi connectivity index (χ0v) is 14.1. The highest BCUT2D eigenvalue weighted by Gasteiger charge is 2.32. The lowest BCUT2D eigenvalue weighted by molar-refractivity contribution is -0.120. The van der Waals surface area contributed by atoms with Crippen LogP contribution in [0, 0.1) is 0 Å². The van der Waals surface area contributed by atoms with Gasteiger partial charge in [-0.15, -0.1) is 0 Å². The fourth-order valence-electron chi connectivity index (χ4n) is 2.37. The van der Waals surface area contributed by atoms with E-state index in [0.29, 0.717) is 12.4 Å². The molecule has 1 amide bonds. The molecule has 0 aromatic heterocycles. The summed E-state index contributed by atoms with van der Waals surface area (Å²) in [4.78, 5) is 12.7. The third kappa shape index (κ3) is 3.83. The molecule has 122 valence electrons. The number of rotatable bonds is 6. The Labute approximate surface area is 137 Å². The second-order valence-electron chi connectivity index (χ2n) is 5.74. The molecule has 4 nitrogen and oxygen atoms in total. The smallest absolute Gasteiger partial charge is 0.234 e. The average molecular weight is 313 g/mol. The van der Waals surface area contributed by atoms with Gasteiger partial charge >= 0.3 is 0 Å². The van der Waals surface area contributed by atoms with Crippen molar-refractivity contribution in [2.75, 3.05) is 19.0 Å². The van der Waals surface area contributed by atoms with Gasteiger partial charge in [0, 0.05) is 11.3 Å². The predicted molar refractivity (Wildman–Crippen MR) is 92.3 cm³/mol. The molecule has 0 aliphatic rings. The Morgan fingerprint density at radius 1 is 1.09 bits per heavy atom. The van der Waals surface area contributed by atoms with Gasteiger partial charge in [0.25, 0.3) is 0 Å². The molecule has 2 rings (SSSR count). The molecule has 0 radical (unpaired) electrons. The fraction of sp³-hybridized carbons (Fsp3) is 0.316. The van der Waals surface area contributed by atoms with E-state index in [1.54, 1.807) is 7.11 Å². The summed E-state index contributed by atoms with van der Waals surface area (Å²) in [6, 6.07) is 14.9. The minimum atomic E-state index is -0.717. The molecule has 23 heavy (non-hydrogen) atoms. The Morgan fingerprint density at radius 2 is 1.74 bits per heavy atom. The molecule has 0 atom stereocenters. The van der Waals surface area contributed by atoms with Crippen molar-refractivity contribution in [2.45, 2.75) is 26.2 Å². The summed E-state index contributed by atoms with van der Waals surface area (Å²) in [5.41, 5.74) is 0.873. The van der Waals surface area contributed by atoms with E-state index in [4.69, 9.17) is 9.47 Å².